The molecule has 5 nitrogen and oxygen atoms in total. The molecule has 4 rings (SSSR count). The fraction of sp³-hybridized carbons (Fsp3) is 0.200. The monoisotopic (exact) mass is 436 g/mol. The average molecular weight is 436 g/mol. The topological polar surface area (TPSA) is 72.6 Å². The highest BCUT2D eigenvalue weighted by Gasteiger charge is 2.33. The Labute approximate surface area is 184 Å². The number of ether oxygens (including phenoxy) is 1. The number of rotatable bonds is 7. The van der Waals surface area contributed by atoms with Gasteiger partial charge in [-0.05, 0) is 59.9 Å². The van der Waals surface area contributed by atoms with Gasteiger partial charge < -0.3 is 15.4 Å². The van der Waals surface area contributed by atoms with Crippen LogP contribution in [0.25, 0.3) is 0 Å². The van der Waals surface area contributed by atoms with Crippen molar-refractivity contribution in [2.75, 3.05) is 0 Å². The molecule has 3 aromatic carbocycles. The lowest BCUT2D eigenvalue weighted by molar-refractivity contribution is -0.0499. The Kier molecular flexibility index (Phi) is 6.16. The van der Waals surface area contributed by atoms with E-state index >= 15 is 0 Å². The molecular weight excluding hydrogens is 414 g/mol. The Bertz CT molecular complexity index is 1140. The van der Waals surface area contributed by atoms with Crippen LogP contribution < -0.4 is 10.5 Å². The van der Waals surface area contributed by atoms with Gasteiger partial charge in [-0.25, -0.2) is 0 Å². The predicted octanol–water partition coefficient (Wildman–Crippen LogP) is 4.72. The zero-order valence-corrected chi connectivity index (χ0v) is 17.2. The average Bonchev–Trinajstić information content (AvgIpc) is 3.20. The summed E-state index contributed by atoms with van der Waals surface area (Å²) in [4.78, 5) is 27.2. The summed E-state index contributed by atoms with van der Waals surface area (Å²) < 4.78 is 30.1. The van der Waals surface area contributed by atoms with Gasteiger partial charge in [0.1, 0.15) is 5.75 Å². The molecule has 32 heavy (non-hydrogen) atoms. The smallest absolute Gasteiger partial charge is 0.387 e. The number of primary amides is 1. The van der Waals surface area contributed by atoms with Crippen molar-refractivity contribution in [1.82, 2.24) is 4.90 Å². The maximum absolute atomic E-state index is 13.5. The highest BCUT2D eigenvalue weighted by Crippen LogP contribution is 2.39. The Hall–Kier alpha value is -3.74. The molecule has 0 radical (unpaired) electrons. The van der Waals surface area contributed by atoms with Crippen LogP contribution in [0.1, 0.15) is 49.9 Å². The molecule has 0 bridgehead atoms. The highest BCUT2D eigenvalue weighted by molar-refractivity contribution is 5.96. The molecule has 0 heterocycles. The van der Waals surface area contributed by atoms with Crippen LogP contribution in [-0.4, -0.2) is 23.3 Å². The summed E-state index contributed by atoms with van der Waals surface area (Å²) in [6.07, 6.45) is 1.33. The summed E-state index contributed by atoms with van der Waals surface area (Å²) in [5.41, 5.74) is 8.75. The van der Waals surface area contributed by atoms with Gasteiger partial charge in [0.15, 0.2) is 0 Å². The van der Waals surface area contributed by atoms with Crippen LogP contribution in [0.2, 0.25) is 0 Å². The third-order valence-electron chi connectivity index (χ3n) is 5.67. The summed E-state index contributed by atoms with van der Waals surface area (Å²) in [6, 6.07) is 20.2. The van der Waals surface area contributed by atoms with Crippen molar-refractivity contribution in [2.24, 2.45) is 5.73 Å². The van der Waals surface area contributed by atoms with Crippen molar-refractivity contribution in [1.29, 1.82) is 0 Å². The zero-order chi connectivity index (χ0) is 22.7. The van der Waals surface area contributed by atoms with Gasteiger partial charge in [0.2, 0.25) is 5.91 Å². The van der Waals surface area contributed by atoms with E-state index < -0.39 is 12.5 Å². The first kappa shape index (κ1) is 21.5. The van der Waals surface area contributed by atoms with Crippen molar-refractivity contribution in [2.45, 2.75) is 32.0 Å². The summed E-state index contributed by atoms with van der Waals surface area (Å²) in [6.45, 7) is -2.78. The molecule has 0 fully saturated rings. The lowest BCUT2D eigenvalue weighted by Gasteiger charge is -2.31. The van der Waals surface area contributed by atoms with Crippen molar-refractivity contribution >= 4 is 11.8 Å². The van der Waals surface area contributed by atoms with Crippen molar-refractivity contribution in [3.8, 4) is 5.75 Å². The second kappa shape index (κ2) is 9.18. The van der Waals surface area contributed by atoms with E-state index in [9.17, 15) is 18.4 Å². The van der Waals surface area contributed by atoms with E-state index in [4.69, 9.17) is 5.73 Å². The third-order valence-corrected chi connectivity index (χ3v) is 5.67. The van der Waals surface area contributed by atoms with E-state index in [1.807, 2.05) is 6.07 Å². The van der Waals surface area contributed by atoms with E-state index in [0.29, 0.717) is 29.5 Å². The third kappa shape index (κ3) is 4.46. The number of hydrogen-bond donors (Lipinski definition) is 1. The molecule has 1 aliphatic carbocycles. The minimum atomic E-state index is -2.93. The van der Waals surface area contributed by atoms with Crippen LogP contribution in [0.5, 0.6) is 5.75 Å². The van der Waals surface area contributed by atoms with Gasteiger partial charge in [0.05, 0.1) is 6.04 Å². The first-order chi connectivity index (χ1) is 15.4. The number of carbonyl (C=O) groups excluding carboxylic acids is 2. The fourth-order valence-electron chi connectivity index (χ4n) is 4.21. The molecule has 7 heteroatoms. The van der Waals surface area contributed by atoms with Gasteiger partial charge in [-0.15, -0.1) is 0 Å². The molecule has 0 aliphatic heterocycles. The molecule has 0 unspecified atom stereocenters. The minimum absolute atomic E-state index is 0.0512. The number of fused-ring (bicyclic) bond motifs is 1. The molecule has 2 N–H and O–H groups in total. The number of aryl methyl sites for hydroxylation is 1. The first-order valence-corrected chi connectivity index (χ1v) is 10.3. The number of amides is 2. The molecule has 3 aromatic rings. The molecular formula is C25H22F2N2O3. The van der Waals surface area contributed by atoms with Crippen LogP contribution in [0.4, 0.5) is 8.78 Å². The Balaban J connectivity index is 1.75. The Morgan fingerprint density at radius 3 is 2.47 bits per heavy atom. The van der Waals surface area contributed by atoms with Gasteiger partial charge in [0, 0.05) is 17.7 Å². The number of nitrogens with zero attached hydrogens (tertiary/aromatic N) is 1. The van der Waals surface area contributed by atoms with Gasteiger partial charge in [0.25, 0.3) is 5.91 Å². The lowest BCUT2D eigenvalue weighted by atomic mass is 10.0. The summed E-state index contributed by atoms with van der Waals surface area (Å²) >= 11 is 0. The van der Waals surface area contributed by atoms with E-state index in [0.717, 1.165) is 11.1 Å². The fourth-order valence-corrected chi connectivity index (χ4v) is 4.21. The lowest BCUT2D eigenvalue weighted by Crippen LogP contribution is -2.34. The molecule has 1 atom stereocenters. The van der Waals surface area contributed by atoms with E-state index in [2.05, 4.69) is 4.74 Å². The number of alkyl halides is 2. The minimum Gasteiger partial charge on any atom is -0.435 e. The van der Waals surface area contributed by atoms with E-state index in [-0.39, 0.29) is 24.2 Å². The second-order valence-electron chi connectivity index (χ2n) is 7.61. The van der Waals surface area contributed by atoms with Gasteiger partial charge in [-0.3, -0.25) is 9.59 Å². The number of benzene rings is 3. The van der Waals surface area contributed by atoms with Crippen LogP contribution in [0.15, 0.2) is 72.8 Å². The maximum Gasteiger partial charge on any atom is 0.387 e. The molecule has 0 saturated heterocycles. The predicted molar refractivity (Wildman–Crippen MR) is 115 cm³/mol. The molecule has 0 saturated carbocycles. The normalized spacial score (nSPS) is 14.8. The summed E-state index contributed by atoms with van der Waals surface area (Å²) in [5.74, 6) is -0.745. The SMILES string of the molecule is NC(=O)c1ccccc1CN(C(=O)c1ccccc1)[C@@H]1CCc2ccc(OC(F)F)cc21. The largest absolute Gasteiger partial charge is 0.435 e. The Morgan fingerprint density at radius 1 is 1.03 bits per heavy atom. The molecule has 1 aliphatic rings. The summed E-state index contributed by atoms with van der Waals surface area (Å²) in [7, 11) is 0. The van der Waals surface area contributed by atoms with Gasteiger partial charge >= 0.3 is 6.61 Å². The van der Waals surface area contributed by atoms with Crippen molar-refractivity contribution in [3.63, 3.8) is 0 Å². The van der Waals surface area contributed by atoms with Crippen LogP contribution in [0, 0.1) is 0 Å². The molecule has 0 spiro atoms. The van der Waals surface area contributed by atoms with E-state index in [1.54, 1.807) is 65.6 Å². The number of hydrogen-bond acceptors (Lipinski definition) is 3. The van der Waals surface area contributed by atoms with Crippen molar-refractivity contribution < 1.29 is 23.1 Å². The maximum atomic E-state index is 13.5. The zero-order valence-electron chi connectivity index (χ0n) is 17.2. The van der Waals surface area contributed by atoms with Crippen LogP contribution in [-0.2, 0) is 13.0 Å². The van der Waals surface area contributed by atoms with Crippen molar-refractivity contribution in [3.05, 3.63) is 101 Å². The summed E-state index contributed by atoms with van der Waals surface area (Å²) in [5, 5.41) is 0. The number of carbonyl (C=O) groups is 2. The van der Waals surface area contributed by atoms with E-state index in [1.165, 1.54) is 6.07 Å². The second-order valence-corrected chi connectivity index (χ2v) is 7.61. The van der Waals surface area contributed by atoms with Gasteiger partial charge in [-0.1, -0.05) is 42.5 Å². The first-order valence-electron chi connectivity index (χ1n) is 10.3. The quantitative estimate of drug-likeness (QED) is 0.583. The molecule has 0 aromatic heterocycles. The van der Waals surface area contributed by atoms with Crippen LogP contribution in [0.3, 0.4) is 0 Å². The molecule has 2 amide bonds. The number of halogens is 2. The van der Waals surface area contributed by atoms with Gasteiger partial charge in [-0.2, -0.15) is 8.78 Å². The molecule has 164 valence electrons. The highest BCUT2D eigenvalue weighted by atomic mass is 19.3. The number of nitrogens with two attached hydrogens (primary N) is 1. The standard InChI is InChI=1S/C25H22F2N2O3/c26-25(27)32-19-12-10-16-11-13-22(21(16)14-19)29(24(31)17-6-2-1-3-7-17)15-18-8-4-5-9-20(18)23(28)30/h1-10,12,14,22,25H,11,13,15H2,(H2,28,30)/t22-/m1/s1. The Morgan fingerprint density at radius 2 is 1.75 bits per heavy atom. The van der Waals surface area contributed by atoms with Crippen LogP contribution >= 0.6 is 0 Å².